The quantitative estimate of drug-likeness (QED) is 0.698. The van der Waals surface area contributed by atoms with Crippen LogP contribution in [-0.2, 0) is 11.8 Å². The van der Waals surface area contributed by atoms with Crippen molar-refractivity contribution in [3.05, 3.63) is 64.7 Å². The molecule has 0 fully saturated rings. The van der Waals surface area contributed by atoms with E-state index in [1.807, 2.05) is 0 Å². The normalized spacial score (nSPS) is 21.8. The van der Waals surface area contributed by atoms with Gasteiger partial charge in [-0.25, -0.2) is 0 Å². The van der Waals surface area contributed by atoms with E-state index in [0.717, 1.165) is 25.0 Å². The first-order valence-corrected chi connectivity index (χ1v) is 8.74. The van der Waals surface area contributed by atoms with Gasteiger partial charge in [0, 0.05) is 11.0 Å². The van der Waals surface area contributed by atoms with Crippen molar-refractivity contribution < 1.29 is 4.74 Å². The highest BCUT2D eigenvalue weighted by Crippen LogP contribution is 2.52. The minimum Gasteiger partial charge on any atom is -0.486 e. The number of aryl methyl sites for hydroxylation is 3. The second-order valence-corrected chi connectivity index (χ2v) is 7.50. The van der Waals surface area contributed by atoms with Gasteiger partial charge in [0.2, 0.25) is 0 Å². The van der Waals surface area contributed by atoms with Gasteiger partial charge in [-0.15, -0.1) is 0 Å². The maximum absolute atomic E-state index is 6.58. The molecule has 1 heterocycles. The summed E-state index contributed by atoms with van der Waals surface area (Å²) in [7, 11) is 0. The smallest absolute Gasteiger partial charge is 0.124 e. The third kappa shape index (κ3) is 2.56. The number of ether oxygens (including phenoxy) is 1. The summed E-state index contributed by atoms with van der Waals surface area (Å²) in [5, 5.41) is 0. The van der Waals surface area contributed by atoms with Gasteiger partial charge in [-0.05, 0) is 50.3 Å². The van der Waals surface area contributed by atoms with E-state index in [1.54, 1.807) is 0 Å². The Bertz CT molecular complexity index is 714. The molecule has 3 rings (SSSR count). The summed E-state index contributed by atoms with van der Waals surface area (Å²) in [4.78, 5) is 0. The van der Waals surface area contributed by atoms with Gasteiger partial charge < -0.3 is 4.74 Å². The maximum atomic E-state index is 6.58. The number of hydrogen-bond acceptors (Lipinski definition) is 1. The Labute approximate surface area is 140 Å². The van der Waals surface area contributed by atoms with E-state index in [-0.39, 0.29) is 11.0 Å². The van der Waals surface area contributed by atoms with Gasteiger partial charge in [-0.1, -0.05) is 62.7 Å². The first-order valence-electron chi connectivity index (χ1n) is 8.74. The SMILES string of the molecule is CCC1(CCc2ccccc2C)Oc2ccc(C)cc2C1(C)C. The molecule has 0 spiro atoms. The molecule has 0 N–H and O–H groups in total. The second kappa shape index (κ2) is 5.70. The Morgan fingerprint density at radius 2 is 1.74 bits per heavy atom. The molecule has 0 bridgehead atoms. The molecule has 0 saturated carbocycles. The summed E-state index contributed by atoms with van der Waals surface area (Å²) < 4.78 is 6.58. The summed E-state index contributed by atoms with van der Waals surface area (Å²) >= 11 is 0. The fourth-order valence-electron chi connectivity index (χ4n) is 4.09. The average Bonchev–Trinajstić information content (AvgIpc) is 2.75. The molecule has 1 heteroatoms. The van der Waals surface area contributed by atoms with Gasteiger partial charge >= 0.3 is 0 Å². The molecule has 1 nitrogen and oxygen atoms in total. The Kier molecular flexibility index (Phi) is 4.00. The molecule has 1 unspecified atom stereocenters. The number of benzene rings is 2. The molecule has 23 heavy (non-hydrogen) atoms. The fraction of sp³-hybridized carbons (Fsp3) is 0.455. The predicted molar refractivity (Wildman–Crippen MR) is 97.4 cm³/mol. The summed E-state index contributed by atoms with van der Waals surface area (Å²) in [6.07, 6.45) is 3.14. The fourth-order valence-corrected chi connectivity index (χ4v) is 4.09. The molecule has 1 aliphatic heterocycles. The molecule has 0 saturated heterocycles. The zero-order chi connectivity index (χ0) is 16.7. The Morgan fingerprint density at radius 1 is 1.00 bits per heavy atom. The number of hydrogen-bond donors (Lipinski definition) is 0. The lowest BCUT2D eigenvalue weighted by molar-refractivity contribution is 0.0193. The van der Waals surface area contributed by atoms with Crippen LogP contribution in [0.1, 0.15) is 55.9 Å². The second-order valence-electron chi connectivity index (χ2n) is 7.50. The maximum Gasteiger partial charge on any atom is 0.124 e. The van der Waals surface area contributed by atoms with Gasteiger partial charge in [0.05, 0.1) is 0 Å². The summed E-state index contributed by atoms with van der Waals surface area (Å²) in [5.74, 6) is 1.08. The van der Waals surface area contributed by atoms with Crippen molar-refractivity contribution in [3.8, 4) is 5.75 Å². The predicted octanol–water partition coefficient (Wildman–Crippen LogP) is 5.76. The van der Waals surface area contributed by atoms with Crippen LogP contribution in [-0.4, -0.2) is 5.60 Å². The van der Waals surface area contributed by atoms with Crippen molar-refractivity contribution >= 4 is 0 Å². The van der Waals surface area contributed by atoms with Crippen LogP contribution in [0.4, 0.5) is 0 Å². The first kappa shape index (κ1) is 16.1. The van der Waals surface area contributed by atoms with E-state index in [1.165, 1.54) is 22.3 Å². The highest BCUT2D eigenvalue weighted by Gasteiger charge is 2.52. The molecule has 122 valence electrons. The largest absolute Gasteiger partial charge is 0.486 e. The van der Waals surface area contributed by atoms with Gasteiger partial charge in [-0.3, -0.25) is 0 Å². The van der Waals surface area contributed by atoms with E-state index in [4.69, 9.17) is 4.74 Å². The minimum atomic E-state index is -0.120. The molecule has 0 aliphatic carbocycles. The van der Waals surface area contributed by atoms with Crippen LogP contribution in [0.2, 0.25) is 0 Å². The third-order valence-corrected chi connectivity index (χ3v) is 5.88. The van der Waals surface area contributed by atoms with E-state index in [0.29, 0.717) is 0 Å². The molecule has 0 amide bonds. The van der Waals surface area contributed by atoms with Crippen LogP contribution >= 0.6 is 0 Å². The van der Waals surface area contributed by atoms with E-state index in [9.17, 15) is 0 Å². The van der Waals surface area contributed by atoms with Gasteiger partial charge in [0.15, 0.2) is 0 Å². The molecule has 2 aromatic rings. The molecule has 1 atom stereocenters. The minimum absolute atomic E-state index is 0.0335. The zero-order valence-electron chi connectivity index (χ0n) is 15.1. The van der Waals surface area contributed by atoms with E-state index >= 15 is 0 Å². The number of rotatable bonds is 4. The molecule has 0 radical (unpaired) electrons. The van der Waals surface area contributed by atoms with Crippen molar-refractivity contribution in [2.45, 2.75) is 64.9 Å². The van der Waals surface area contributed by atoms with Crippen molar-refractivity contribution in [2.24, 2.45) is 0 Å². The van der Waals surface area contributed by atoms with E-state index in [2.05, 4.69) is 77.1 Å². The van der Waals surface area contributed by atoms with Gasteiger partial charge in [0.25, 0.3) is 0 Å². The molecule has 1 aliphatic rings. The topological polar surface area (TPSA) is 9.23 Å². The first-order chi connectivity index (χ1) is 10.9. The lowest BCUT2D eigenvalue weighted by Crippen LogP contribution is -2.47. The van der Waals surface area contributed by atoms with Crippen molar-refractivity contribution in [2.75, 3.05) is 0 Å². The van der Waals surface area contributed by atoms with Crippen LogP contribution in [0, 0.1) is 13.8 Å². The Morgan fingerprint density at radius 3 is 2.43 bits per heavy atom. The molecule has 0 aromatic heterocycles. The molecular formula is C22H28O. The van der Waals surface area contributed by atoms with E-state index < -0.39 is 0 Å². The van der Waals surface area contributed by atoms with Crippen LogP contribution in [0.5, 0.6) is 5.75 Å². The van der Waals surface area contributed by atoms with Gasteiger partial charge in [-0.2, -0.15) is 0 Å². The Hall–Kier alpha value is -1.76. The van der Waals surface area contributed by atoms with Crippen LogP contribution in [0.3, 0.4) is 0 Å². The highest BCUT2D eigenvalue weighted by atomic mass is 16.5. The lowest BCUT2D eigenvalue weighted by atomic mass is 9.68. The van der Waals surface area contributed by atoms with Crippen molar-refractivity contribution in [1.82, 2.24) is 0 Å². The molecule has 2 aromatic carbocycles. The highest BCUT2D eigenvalue weighted by molar-refractivity contribution is 5.48. The van der Waals surface area contributed by atoms with Gasteiger partial charge in [0.1, 0.15) is 11.4 Å². The zero-order valence-corrected chi connectivity index (χ0v) is 15.1. The lowest BCUT2D eigenvalue weighted by Gasteiger charge is -2.40. The van der Waals surface area contributed by atoms with Crippen molar-refractivity contribution in [3.63, 3.8) is 0 Å². The van der Waals surface area contributed by atoms with Crippen LogP contribution < -0.4 is 4.74 Å². The van der Waals surface area contributed by atoms with Crippen LogP contribution in [0.25, 0.3) is 0 Å². The monoisotopic (exact) mass is 308 g/mol. The summed E-state index contributed by atoms with van der Waals surface area (Å²) in [6, 6.07) is 15.3. The standard InChI is InChI=1S/C22H28O/c1-6-22(14-13-18-10-8-7-9-17(18)3)21(4,5)19-15-16(2)11-12-20(19)23-22/h7-12,15H,6,13-14H2,1-5H3. The van der Waals surface area contributed by atoms with Crippen LogP contribution in [0.15, 0.2) is 42.5 Å². The third-order valence-electron chi connectivity index (χ3n) is 5.88. The average molecular weight is 308 g/mol. The Balaban J connectivity index is 1.92. The summed E-state index contributed by atoms with van der Waals surface area (Å²) in [5.41, 5.74) is 5.40. The van der Waals surface area contributed by atoms with Crippen molar-refractivity contribution in [1.29, 1.82) is 0 Å². The molecular weight excluding hydrogens is 280 g/mol. The summed E-state index contributed by atoms with van der Waals surface area (Å²) in [6.45, 7) is 11.3. The number of fused-ring (bicyclic) bond motifs is 1.